The van der Waals surface area contributed by atoms with Crippen LogP contribution < -0.4 is 5.32 Å². The fourth-order valence-electron chi connectivity index (χ4n) is 3.08. The van der Waals surface area contributed by atoms with E-state index >= 15 is 0 Å². The average Bonchev–Trinajstić information content (AvgIpc) is 3.03. The molecule has 0 radical (unpaired) electrons. The van der Waals surface area contributed by atoms with Crippen molar-refractivity contribution in [1.82, 2.24) is 20.1 Å². The Bertz CT molecular complexity index is 936. The molecule has 1 aromatic carbocycles. The van der Waals surface area contributed by atoms with Gasteiger partial charge in [0, 0.05) is 24.2 Å². The molecule has 6 heteroatoms. The van der Waals surface area contributed by atoms with Gasteiger partial charge in [0.25, 0.3) is 5.91 Å². The van der Waals surface area contributed by atoms with Gasteiger partial charge in [-0.3, -0.25) is 14.5 Å². The van der Waals surface area contributed by atoms with Crippen LogP contribution in [-0.4, -0.2) is 20.7 Å². The SMILES string of the molecule is C[C@]1(c2cccc(-c3cncc(Cl)c3)c2)Cn2nccc2C(=O)N1. The Morgan fingerprint density at radius 2 is 2.08 bits per heavy atom. The summed E-state index contributed by atoms with van der Waals surface area (Å²) >= 11 is 6.04. The summed E-state index contributed by atoms with van der Waals surface area (Å²) in [4.78, 5) is 16.5. The van der Waals surface area contributed by atoms with Crippen LogP contribution in [0.4, 0.5) is 0 Å². The van der Waals surface area contributed by atoms with E-state index in [1.54, 1.807) is 29.3 Å². The highest BCUT2D eigenvalue weighted by Crippen LogP contribution is 2.31. The lowest BCUT2D eigenvalue weighted by Gasteiger charge is -2.35. The van der Waals surface area contributed by atoms with Crippen molar-refractivity contribution in [3.05, 3.63) is 71.3 Å². The highest BCUT2D eigenvalue weighted by molar-refractivity contribution is 6.30. The van der Waals surface area contributed by atoms with Gasteiger partial charge in [-0.15, -0.1) is 0 Å². The first-order valence-corrected chi connectivity index (χ1v) is 7.99. The largest absolute Gasteiger partial charge is 0.340 e. The topological polar surface area (TPSA) is 59.8 Å². The molecular weight excluding hydrogens is 324 g/mol. The van der Waals surface area contributed by atoms with E-state index in [-0.39, 0.29) is 5.91 Å². The molecule has 1 N–H and O–H groups in total. The van der Waals surface area contributed by atoms with Gasteiger partial charge in [0.1, 0.15) is 5.69 Å². The number of hydrogen-bond donors (Lipinski definition) is 1. The van der Waals surface area contributed by atoms with Gasteiger partial charge in [0.2, 0.25) is 0 Å². The standard InChI is InChI=1S/C18H15ClN4O/c1-18(11-23-16(5-6-21-23)17(24)22-18)14-4-2-3-12(7-14)13-8-15(19)10-20-9-13/h2-10H,11H2,1H3,(H,22,24)/t18-/m1/s1. The van der Waals surface area contributed by atoms with E-state index < -0.39 is 5.54 Å². The Hall–Kier alpha value is -2.66. The molecule has 120 valence electrons. The predicted molar refractivity (Wildman–Crippen MR) is 91.7 cm³/mol. The highest BCUT2D eigenvalue weighted by Gasteiger charge is 2.36. The first-order chi connectivity index (χ1) is 11.5. The fourth-order valence-corrected chi connectivity index (χ4v) is 3.25. The molecule has 0 fully saturated rings. The van der Waals surface area contributed by atoms with Crippen molar-refractivity contribution >= 4 is 17.5 Å². The molecule has 3 aromatic rings. The van der Waals surface area contributed by atoms with Crippen LogP contribution in [0, 0.1) is 0 Å². The lowest BCUT2D eigenvalue weighted by Crippen LogP contribution is -2.51. The maximum atomic E-state index is 12.3. The first kappa shape index (κ1) is 14.9. The summed E-state index contributed by atoms with van der Waals surface area (Å²) in [6.45, 7) is 2.59. The maximum Gasteiger partial charge on any atom is 0.270 e. The number of carbonyl (C=O) groups excluding carboxylic acids is 1. The number of rotatable bonds is 2. The third-order valence-corrected chi connectivity index (χ3v) is 4.55. The molecular formula is C18H15ClN4O. The number of amides is 1. The molecule has 1 atom stereocenters. The van der Waals surface area contributed by atoms with E-state index in [0.717, 1.165) is 16.7 Å². The van der Waals surface area contributed by atoms with Crippen LogP contribution >= 0.6 is 11.6 Å². The number of nitrogens with zero attached hydrogens (tertiary/aromatic N) is 3. The zero-order valence-electron chi connectivity index (χ0n) is 13.0. The monoisotopic (exact) mass is 338 g/mol. The van der Waals surface area contributed by atoms with Crippen molar-refractivity contribution in [3.8, 4) is 11.1 Å². The summed E-state index contributed by atoms with van der Waals surface area (Å²) in [5.74, 6) is -0.115. The van der Waals surface area contributed by atoms with Gasteiger partial charge in [-0.25, -0.2) is 0 Å². The van der Waals surface area contributed by atoms with Crippen molar-refractivity contribution in [1.29, 1.82) is 0 Å². The van der Waals surface area contributed by atoms with Crippen molar-refractivity contribution < 1.29 is 4.79 Å². The first-order valence-electron chi connectivity index (χ1n) is 7.61. The van der Waals surface area contributed by atoms with Crippen LogP contribution in [-0.2, 0) is 12.1 Å². The van der Waals surface area contributed by atoms with Crippen LogP contribution in [0.5, 0.6) is 0 Å². The van der Waals surface area contributed by atoms with Gasteiger partial charge < -0.3 is 5.32 Å². The van der Waals surface area contributed by atoms with Gasteiger partial charge >= 0.3 is 0 Å². The fraction of sp³-hybridized carbons (Fsp3) is 0.167. The van der Waals surface area contributed by atoms with Gasteiger partial charge in [-0.05, 0) is 36.2 Å². The van der Waals surface area contributed by atoms with Gasteiger partial charge in [0.15, 0.2) is 0 Å². The molecule has 5 nitrogen and oxygen atoms in total. The molecule has 0 unspecified atom stereocenters. The maximum absolute atomic E-state index is 12.3. The molecule has 0 saturated heterocycles. The Balaban J connectivity index is 1.75. The molecule has 0 aliphatic carbocycles. The third-order valence-electron chi connectivity index (χ3n) is 4.34. The van der Waals surface area contributed by atoms with E-state index in [9.17, 15) is 4.79 Å². The van der Waals surface area contributed by atoms with E-state index in [4.69, 9.17) is 11.6 Å². The zero-order chi connectivity index (χ0) is 16.7. The zero-order valence-corrected chi connectivity index (χ0v) is 13.8. The Morgan fingerprint density at radius 1 is 1.21 bits per heavy atom. The molecule has 0 spiro atoms. The summed E-state index contributed by atoms with van der Waals surface area (Å²) < 4.78 is 1.74. The second-order valence-electron chi connectivity index (χ2n) is 6.13. The van der Waals surface area contributed by atoms with E-state index in [0.29, 0.717) is 17.3 Å². The van der Waals surface area contributed by atoms with Gasteiger partial charge in [-0.1, -0.05) is 29.8 Å². The summed E-state index contributed by atoms with van der Waals surface area (Å²) in [7, 11) is 0. The summed E-state index contributed by atoms with van der Waals surface area (Å²) in [6, 6.07) is 11.6. The van der Waals surface area contributed by atoms with Crippen LogP contribution in [0.15, 0.2) is 55.0 Å². The Kier molecular flexibility index (Phi) is 3.39. The number of benzene rings is 1. The molecule has 1 aliphatic rings. The van der Waals surface area contributed by atoms with Crippen LogP contribution in [0.2, 0.25) is 5.02 Å². The molecule has 24 heavy (non-hydrogen) atoms. The van der Waals surface area contributed by atoms with E-state index in [1.165, 1.54) is 0 Å². The van der Waals surface area contributed by atoms with Gasteiger partial charge in [-0.2, -0.15) is 5.10 Å². The summed E-state index contributed by atoms with van der Waals surface area (Å²) in [6.07, 6.45) is 5.03. The van der Waals surface area contributed by atoms with Crippen molar-refractivity contribution in [2.24, 2.45) is 0 Å². The van der Waals surface area contributed by atoms with Crippen LogP contribution in [0.25, 0.3) is 11.1 Å². The number of hydrogen-bond acceptors (Lipinski definition) is 3. The number of nitrogens with one attached hydrogen (secondary N) is 1. The number of aromatic nitrogens is 3. The van der Waals surface area contributed by atoms with E-state index in [2.05, 4.69) is 21.5 Å². The molecule has 4 rings (SSSR count). The lowest BCUT2D eigenvalue weighted by molar-refractivity contribution is 0.0839. The predicted octanol–water partition coefficient (Wildman–Crippen LogP) is 3.26. The average molecular weight is 339 g/mol. The number of fused-ring (bicyclic) bond motifs is 1. The summed E-state index contributed by atoms with van der Waals surface area (Å²) in [5.41, 5.74) is 3.01. The molecule has 2 aromatic heterocycles. The summed E-state index contributed by atoms with van der Waals surface area (Å²) in [5, 5.41) is 7.94. The molecule has 0 bridgehead atoms. The minimum Gasteiger partial charge on any atom is -0.340 e. The van der Waals surface area contributed by atoms with Crippen LogP contribution in [0.1, 0.15) is 23.0 Å². The van der Waals surface area contributed by atoms with E-state index in [1.807, 2.05) is 31.2 Å². The highest BCUT2D eigenvalue weighted by atomic mass is 35.5. The number of carbonyl (C=O) groups is 1. The molecule has 1 aliphatic heterocycles. The minimum atomic E-state index is -0.530. The van der Waals surface area contributed by atoms with Crippen molar-refractivity contribution in [3.63, 3.8) is 0 Å². The normalized spacial score (nSPS) is 19.7. The van der Waals surface area contributed by atoms with Crippen molar-refractivity contribution in [2.75, 3.05) is 0 Å². The number of pyridine rings is 1. The quantitative estimate of drug-likeness (QED) is 0.780. The van der Waals surface area contributed by atoms with Crippen LogP contribution in [0.3, 0.4) is 0 Å². The minimum absolute atomic E-state index is 0.115. The Labute approximate surface area is 144 Å². The Morgan fingerprint density at radius 3 is 2.92 bits per heavy atom. The smallest absolute Gasteiger partial charge is 0.270 e. The second kappa shape index (κ2) is 5.46. The number of halogens is 1. The van der Waals surface area contributed by atoms with Crippen molar-refractivity contribution in [2.45, 2.75) is 19.0 Å². The molecule has 0 saturated carbocycles. The molecule has 3 heterocycles. The van der Waals surface area contributed by atoms with Gasteiger partial charge in [0.05, 0.1) is 17.1 Å². The third kappa shape index (κ3) is 2.47. The lowest BCUT2D eigenvalue weighted by atomic mass is 9.88. The second-order valence-corrected chi connectivity index (χ2v) is 6.57. The molecule has 1 amide bonds.